The van der Waals surface area contributed by atoms with Crippen LogP contribution in [0.25, 0.3) is 22.2 Å². The molecule has 0 spiro atoms. The number of fused-ring (bicyclic) bond motifs is 1. The van der Waals surface area contributed by atoms with Crippen LogP contribution in [0.15, 0.2) is 12.1 Å². The number of alkyl halides is 4. The minimum Gasteiger partial charge on any atom is -0.477 e. The van der Waals surface area contributed by atoms with Gasteiger partial charge in [-0.15, -0.1) is 0 Å². The monoisotopic (exact) mass is 741 g/mol. The Bertz CT molecular complexity index is 1830. The number of aromatic nitrogens is 3. The Kier molecular flexibility index (Phi) is 9.80. The van der Waals surface area contributed by atoms with Gasteiger partial charge < -0.3 is 29.7 Å². The number of hydrogen-bond acceptors (Lipinski definition) is 10. The summed E-state index contributed by atoms with van der Waals surface area (Å²) in [5.41, 5.74) is 1.28. The number of nitrogens with two attached hydrogens (primary N) is 1. The van der Waals surface area contributed by atoms with Crippen molar-refractivity contribution in [3.8, 4) is 23.1 Å². The van der Waals surface area contributed by atoms with Gasteiger partial charge in [0.25, 0.3) is 0 Å². The highest BCUT2D eigenvalue weighted by atomic mass is 35.5. The van der Waals surface area contributed by atoms with Crippen molar-refractivity contribution in [2.45, 2.75) is 82.9 Å². The van der Waals surface area contributed by atoms with Gasteiger partial charge in [0.1, 0.15) is 40.8 Å². The molecule has 6 rings (SSSR count). The molecule has 0 aliphatic carbocycles. The number of benzene rings is 1. The molecular weight excluding hydrogens is 701 g/mol. The van der Waals surface area contributed by atoms with Crippen LogP contribution in [-0.2, 0) is 10.9 Å². The van der Waals surface area contributed by atoms with E-state index >= 15 is 4.39 Å². The molecule has 1 unspecified atom stereocenters. The zero-order valence-electron chi connectivity index (χ0n) is 29.0. The summed E-state index contributed by atoms with van der Waals surface area (Å²) in [5.74, 6) is -1.27. The van der Waals surface area contributed by atoms with Gasteiger partial charge in [-0.05, 0) is 59.2 Å². The highest BCUT2D eigenvalue weighted by molar-refractivity contribution is 6.32. The van der Waals surface area contributed by atoms with E-state index in [0.29, 0.717) is 19.4 Å². The third-order valence-corrected chi connectivity index (χ3v) is 9.85. The summed E-state index contributed by atoms with van der Waals surface area (Å²) in [5, 5.41) is -0.726. The fraction of sp³-hybridized carbons (Fsp3) is 0.588. The van der Waals surface area contributed by atoms with E-state index in [2.05, 4.69) is 9.97 Å². The molecule has 5 heterocycles. The van der Waals surface area contributed by atoms with Crippen LogP contribution in [0.5, 0.6) is 11.9 Å². The van der Waals surface area contributed by atoms with Gasteiger partial charge in [0.05, 0.1) is 22.7 Å². The lowest BCUT2D eigenvalue weighted by molar-refractivity contribution is -0.137. The Morgan fingerprint density at radius 1 is 1.22 bits per heavy atom. The molecule has 2 aromatic heterocycles. The number of hydrogen-bond donors (Lipinski definition) is 1. The Morgan fingerprint density at radius 2 is 1.96 bits per heavy atom. The van der Waals surface area contributed by atoms with Gasteiger partial charge in [0.2, 0.25) is 5.88 Å². The number of likely N-dealkylation sites (N-methyl/N-ethyl adjacent to an activating group) is 1. The molecule has 1 aromatic carbocycles. The Balaban J connectivity index is 1.50. The van der Waals surface area contributed by atoms with Crippen molar-refractivity contribution in [2.24, 2.45) is 0 Å². The van der Waals surface area contributed by atoms with Crippen molar-refractivity contribution in [1.82, 2.24) is 24.8 Å². The number of anilines is 2. The number of rotatable bonds is 7. The molecule has 3 aliphatic rings. The Labute approximate surface area is 297 Å². The molecule has 0 saturated carbocycles. The van der Waals surface area contributed by atoms with E-state index in [-0.39, 0.29) is 74.1 Å². The topological polar surface area (TPSA) is 119 Å². The highest BCUT2D eigenvalue weighted by Gasteiger charge is 2.49. The quantitative estimate of drug-likeness (QED) is 0.203. The van der Waals surface area contributed by atoms with Gasteiger partial charge in [-0.3, -0.25) is 4.90 Å². The molecule has 2 saturated heterocycles. The predicted octanol–water partition coefficient (Wildman–Crippen LogP) is 6.88. The number of pyridine rings is 1. The lowest BCUT2D eigenvalue weighted by atomic mass is 9.95. The van der Waals surface area contributed by atoms with E-state index in [1.54, 1.807) is 27.8 Å². The molecule has 2 fully saturated rings. The smallest absolute Gasteiger partial charge is 0.418 e. The van der Waals surface area contributed by atoms with Crippen molar-refractivity contribution >= 4 is 40.1 Å². The van der Waals surface area contributed by atoms with E-state index in [1.807, 2.05) is 16.7 Å². The van der Waals surface area contributed by atoms with Crippen molar-refractivity contribution < 1.29 is 41.0 Å². The number of carbonyl (C=O) groups excluding carboxylic acids is 1. The summed E-state index contributed by atoms with van der Waals surface area (Å²) in [4.78, 5) is 31.4. The highest BCUT2D eigenvalue weighted by Crippen LogP contribution is 2.46. The number of ether oxygens (including phenoxy) is 3. The van der Waals surface area contributed by atoms with Crippen molar-refractivity contribution in [2.75, 3.05) is 57.1 Å². The molecule has 3 aromatic rings. The summed E-state index contributed by atoms with van der Waals surface area (Å²) in [6, 6.07) is 1.33. The maximum Gasteiger partial charge on any atom is 0.418 e. The molecule has 3 aliphatic heterocycles. The maximum absolute atomic E-state index is 16.9. The average Bonchev–Trinajstić information content (AvgIpc) is 3.54. The van der Waals surface area contributed by atoms with Gasteiger partial charge in [0, 0.05) is 56.8 Å². The summed E-state index contributed by atoms with van der Waals surface area (Å²) in [7, 11) is 1.58. The number of carbonyl (C=O) groups is 1. The Morgan fingerprint density at radius 3 is 2.67 bits per heavy atom. The molecular formula is C34H41ClF5N7O4. The van der Waals surface area contributed by atoms with E-state index in [9.17, 15) is 22.4 Å². The molecule has 3 atom stereocenters. The summed E-state index contributed by atoms with van der Waals surface area (Å²) in [6.07, 6.45) is -4.38. The predicted molar refractivity (Wildman–Crippen MR) is 181 cm³/mol. The average molecular weight is 742 g/mol. The van der Waals surface area contributed by atoms with Crippen LogP contribution in [0.4, 0.5) is 38.3 Å². The zero-order valence-corrected chi connectivity index (χ0v) is 29.8. The first-order chi connectivity index (χ1) is 23.9. The fourth-order valence-electron chi connectivity index (χ4n) is 7.11. The van der Waals surface area contributed by atoms with Gasteiger partial charge >= 0.3 is 18.3 Å². The molecule has 0 bridgehead atoms. The second-order valence-corrected chi connectivity index (χ2v) is 14.9. The number of halogens is 6. The van der Waals surface area contributed by atoms with Crippen LogP contribution < -0.4 is 20.1 Å². The zero-order chi connectivity index (χ0) is 37.0. The molecule has 11 nitrogen and oxygen atoms in total. The molecule has 17 heteroatoms. The van der Waals surface area contributed by atoms with Gasteiger partial charge in [-0.25, -0.2) is 18.6 Å². The largest absolute Gasteiger partial charge is 0.477 e. The van der Waals surface area contributed by atoms with Crippen molar-refractivity contribution in [3.05, 3.63) is 28.5 Å². The lowest BCUT2D eigenvalue weighted by Gasteiger charge is -2.35. The standard InChI is InChI=1S/C34H41ClF5N7O4/c1-18-7-12-49-29-23-27(25(37)26(42-29)21-13-20(41)14-22(35)24(21)34(38,39)40)43-30(50-17-33-8-6-9-46(33)16-19(36)15-33)44-28(23)47(18)11-10-45(5)31(48)51-32(2,3)4/h13-14,18-19H,6-12,15-17,41H2,1-5H3/t18?,19-,33+/m1/s1. The summed E-state index contributed by atoms with van der Waals surface area (Å²) >= 11 is 6.03. The minimum absolute atomic E-state index is 0.00368. The van der Waals surface area contributed by atoms with E-state index in [0.717, 1.165) is 18.6 Å². The second kappa shape index (κ2) is 13.6. The fourth-order valence-corrected chi connectivity index (χ4v) is 7.45. The molecule has 51 heavy (non-hydrogen) atoms. The van der Waals surface area contributed by atoms with Crippen LogP contribution >= 0.6 is 11.6 Å². The van der Waals surface area contributed by atoms with Crippen LogP contribution in [0, 0.1) is 5.82 Å². The van der Waals surface area contributed by atoms with Crippen LogP contribution in [-0.4, -0.2) is 101 Å². The normalized spacial score (nSPS) is 22.4. The number of nitrogens with zero attached hydrogens (tertiary/aromatic N) is 6. The third-order valence-electron chi connectivity index (χ3n) is 9.55. The van der Waals surface area contributed by atoms with Crippen LogP contribution in [0.2, 0.25) is 5.02 Å². The SMILES string of the molecule is CC1CCOc2nc(-c3cc(N)cc(Cl)c3C(F)(F)F)c(F)c3nc(OC[C@@]45CCCN4C[C@H](F)C5)nc(c23)N1CCN(C)C(=O)OC(C)(C)C. The summed E-state index contributed by atoms with van der Waals surface area (Å²) in [6.45, 7) is 8.58. The first-order valence-corrected chi connectivity index (χ1v) is 17.2. The van der Waals surface area contributed by atoms with Gasteiger partial charge in [-0.2, -0.15) is 23.1 Å². The summed E-state index contributed by atoms with van der Waals surface area (Å²) < 4.78 is 92.2. The molecule has 0 radical (unpaired) electrons. The second-order valence-electron chi connectivity index (χ2n) is 14.5. The van der Waals surface area contributed by atoms with Crippen molar-refractivity contribution in [1.29, 1.82) is 0 Å². The van der Waals surface area contributed by atoms with Crippen LogP contribution in [0.3, 0.4) is 0 Å². The Hall–Kier alpha value is -3.92. The maximum atomic E-state index is 16.9. The van der Waals surface area contributed by atoms with Gasteiger partial charge in [-0.1, -0.05) is 11.6 Å². The van der Waals surface area contributed by atoms with E-state index < -0.39 is 62.8 Å². The van der Waals surface area contributed by atoms with Crippen LogP contribution in [0.1, 0.15) is 58.9 Å². The third kappa shape index (κ3) is 7.39. The molecule has 1 amide bonds. The number of nitrogen functional groups attached to an aromatic ring is 1. The number of amides is 1. The first-order valence-electron chi connectivity index (χ1n) is 16.8. The lowest BCUT2D eigenvalue weighted by Crippen LogP contribution is -2.44. The van der Waals surface area contributed by atoms with E-state index in [1.165, 1.54) is 4.90 Å². The first kappa shape index (κ1) is 36.9. The van der Waals surface area contributed by atoms with E-state index in [4.69, 9.17) is 36.5 Å². The minimum atomic E-state index is -4.99. The van der Waals surface area contributed by atoms with Gasteiger partial charge in [0.15, 0.2) is 5.82 Å². The molecule has 2 N–H and O–H groups in total. The molecule has 278 valence electrons. The van der Waals surface area contributed by atoms with Crippen molar-refractivity contribution in [3.63, 3.8) is 0 Å².